The van der Waals surface area contributed by atoms with Crippen LogP contribution in [0.2, 0.25) is 0 Å². The zero-order valence-corrected chi connectivity index (χ0v) is 10.1. The van der Waals surface area contributed by atoms with Crippen molar-refractivity contribution in [1.29, 1.82) is 0 Å². The number of aliphatic carboxylic acids is 1. The van der Waals surface area contributed by atoms with E-state index in [-0.39, 0.29) is 5.92 Å². The van der Waals surface area contributed by atoms with Gasteiger partial charge in [-0.2, -0.15) is 0 Å². The molecule has 0 saturated carbocycles. The van der Waals surface area contributed by atoms with Gasteiger partial charge in [0.15, 0.2) is 0 Å². The molecule has 1 heterocycles. The smallest absolute Gasteiger partial charge is 0.309 e. The first-order chi connectivity index (χ1) is 6.91. The summed E-state index contributed by atoms with van der Waals surface area (Å²) in [6.45, 7) is 8.67. The second-order valence-corrected chi connectivity index (χ2v) is 4.87. The Morgan fingerprint density at radius 2 is 1.93 bits per heavy atom. The lowest BCUT2D eigenvalue weighted by Crippen LogP contribution is -2.40. The van der Waals surface area contributed by atoms with Crippen LogP contribution in [0.5, 0.6) is 0 Å². The number of carbonyl (C=O) groups is 1. The molecule has 4 heteroatoms. The highest BCUT2D eigenvalue weighted by Gasteiger charge is 2.30. The molecule has 4 nitrogen and oxygen atoms in total. The lowest BCUT2D eigenvalue weighted by Gasteiger charge is -2.28. The maximum absolute atomic E-state index is 11.1. The van der Waals surface area contributed by atoms with Crippen LogP contribution in [0.1, 0.15) is 20.8 Å². The third-order valence-corrected chi connectivity index (χ3v) is 3.29. The van der Waals surface area contributed by atoms with Crippen molar-refractivity contribution in [3.8, 4) is 0 Å². The highest BCUT2D eigenvalue weighted by Crippen LogP contribution is 2.15. The summed E-state index contributed by atoms with van der Waals surface area (Å²) < 4.78 is 0. The molecule has 1 aliphatic rings. The van der Waals surface area contributed by atoms with Crippen molar-refractivity contribution in [2.45, 2.75) is 32.9 Å². The molecule has 0 radical (unpaired) electrons. The first kappa shape index (κ1) is 12.5. The fraction of sp³-hybridized carbons (Fsp3) is 0.909. The Hall–Kier alpha value is -0.610. The van der Waals surface area contributed by atoms with Gasteiger partial charge in [-0.3, -0.25) is 9.69 Å². The van der Waals surface area contributed by atoms with Crippen molar-refractivity contribution in [1.82, 2.24) is 9.80 Å². The molecule has 0 aromatic heterocycles. The second-order valence-electron chi connectivity index (χ2n) is 4.87. The van der Waals surface area contributed by atoms with Gasteiger partial charge in [0, 0.05) is 31.7 Å². The summed E-state index contributed by atoms with van der Waals surface area (Å²) in [4.78, 5) is 15.5. The van der Waals surface area contributed by atoms with E-state index in [0.29, 0.717) is 25.2 Å². The molecule has 2 unspecified atom stereocenters. The minimum atomic E-state index is -0.679. The quantitative estimate of drug-likeness (QED) is 0.736. The Kier molecular flexibility index (Phi) is 4.11. The predicted molar refractivity (Wildman–Crippen MR) is 59.9 cm³/mol. The van der Waals surface area contributed by atoms with Gasteiger partial charge in [-0.1, -0.05) is 0 Å². The molecule has 2 atom stereocenters. The number of hydrogen-bond acceptors (Lipinski definition) is 3. The predicted octanol–water partition coefficient (Wildman–Crippen LogP) is 0.732. The summed E-state index contributed by atoms with van der Waals surface area (Å²) in [5.41, 5.74) is 0. The van der Waals surface area contributed by atoms with Crippen molar-refractivity contribution in [3.63, 3.8) is 0 Å². The Morgan fingerprint density at radius 3 is 2.40 bits per heavy atom. The highest BCUT2D eigenvalue weighted by atomic mass is 16.4. The maximum atomic E-state index is 11.1. The van der Waals surface area contributed by atoms with Crippen LogP contribution < -0.4 is 0 Å². The largest absolute Gasteiger partial charge is 0.481 e. The van der Waals surface area contributed by atoms with Gasteiger partial charge in [0.25, 0.3) is 0 Å². The fourth-order valence-corrected chi connectivity index (χ4v) is 2.00. The molecule has 0 aliphatic carbocycles. The molecule has 15 heavy (non-hydrogen) atoms. The van der Waals surface area contributed by atoms with E-state index in [9.17, 15) is 4.79 Å². The van der Waals surface area contributed by atoms with Crippen LogP contribution in [0.4, 0.5) is 0 Å². The van der Waals surface area contributed by atoms with E-state index >= 15 is 0 Å². The van der Waals surface area contributed by atoms with Crippen molar-refractivity contribution in [2.75, 3.05) is 26.7 Å². The standard InChI is InChI=1S/C11H22N2O2/c1-8(2)13-5-9(3)12(4)6-10(7-13)11(14)15/h8-10H,5-7H2,1-4H3,(H,14,15). The van der Waals surface area contributed by atoms with Gasteiger partial charge < -0.3 is 10.0 Å². The minimum Gasteiger partial charge on any atom is -0.481 e. The van der Waals surface area contributed by atoms with E-state index in [4.69, 9.17) is 5.11 Å². The van der Waals surface area contributed by atoms with Gasteiger partial charge in [-0.25, -0.2) is 0 Å². The van der Waals surface area contributed by atoms with Crippen molar-refractivity contribution < 1.29 is 9.90 Å². The zero-order valence-electron chi connectivity index (χ0n) is 10.1. The summed E-state index contributed by atoms with van der Waals surface area (Å²) in [7, 11) is 2.00. The molecule has 1 fully saturated rings. The topological polar surface area (TPSA) is 43.8 Å². The molecule has 0 aromatic carbocycles. The number of carboxylic acids is 1. The fourth-order valence-electron chi connectivity index (χ4n) is 2.00. The van der Waals surface area contributed by atoms with Gasteiger partial charge in [0.1, 0.15) is 0 Å². The number of nitrogens with zero attached hydrogens (tertiary/aromatic N) is 2. The maximum Gasteiger partial charge on any atom is 0.309 e. The molecule has 1 N–H and O–H groups in total. The van der Waals surface area contributed by atoms with Crippen LogP contribution in [-0.4, -0.2) is 59.6 Å². The van der Waals surface area contributed by atoms with Crippen LogP contribution in [0.15, 0.2) is 0 Å². The van der Waals surface area contributed by atoms with Crippen molar-refractivity contribution in [3.05, 3.63) is 0 Å². The average Bonchev–Trinajstić information content (AvgIpc) is 2.27. The lowest BCUT2D eigenvalue weighted by molar-refractivity contribution is -0.142. The molecular formula is C11H22N2O2. The van der Waals surface area contributed by atoms with Gasteiger partial charge in [-0.15, -0.1) is 0 Å². The van der Waals surface area contributed by atoms with Gasteiger partial charge in [-0.05, 0) is 27.8 Å². The lowest BCUT2D eigenvalue weighted by atomic mass is 10.1. The Balaban J connectivity index is 2.75. The van der Waals surface area contributed by atoms with Crippen LogP contribution in [0.3, 0.4) is 0 Å². The Labute approximate surface area is 91.9 Å². The molecule has 1 aliphatic heterocycles. The molecule has 88 valence electrons. The molecule has 0 amide bonds. The molecule has 0 spiro atoms. The van der Waals surface area contributed by atoms with Crippen LogP contribution in [0, 0.1) is 5.92 Å². The van der Waals surface area contributed by atoms with E-state index in [1.807, 2.05) is 7.05 Å². The minimum absolute atomic E-state index is 0.262. The third kappa shape index (κ3) is 3.18. The molecular weight excluding hydrogens is 192 g/mol. The number of likely N-dealkylation sites (N-methyl/N-ethyl adjacent to an activating group) is 1. The molecule has 1 rings (SSSR count). The molecule has 1 saturated heterocycles. The van der Waals surface area contributed by atoms with Crippen molar-refractivity contribution in [2.24, 2.45) is 5.92 Å². The first-order valence-corrected chi connectivity index (χ1v) is 5.59. The zero-order chi connectivity index (χ0) is 11.6. The normalized spacial score (nSPS) is 30.5. The summed E-state index contributed by atoms with van der Waals surface area (Å²) in [5.74, 6) is -0.941. The number of rotatable bonds is 2. The molecule has 0 aromatic rings. The van der Waals surface area contributed by atoms with E-state index in [0.717, 1.165) is 6.54 Å². The average molecular weight is 214 g/mol. The van der Waals surface area contributed by atoms with Gasteiger partial charge in [0.2, 0.25) is 0 Å². The Morgan fingerprint density at radius 1 is 1.33 bits per heavy atom. The third-order valence-electron chi connectivity index (χ3n) is 3.29. The second kappa shape index (κ2) is 4.94. The van der Waals surface area contributed by atoms with Gasteiger partial charge >= 0.3 is 5.97 Å². The first-order valence-electron chi connectivity index (χ1n) is 5.59. The van der Waals surface area contributed by atoms with E-state index < -0.39 is 5.97 Å². The van der Waals surface area contributed by atoms with Crippen molar-refractivity contribution >= 4 is 5.97 Å². The van der Waals surface area contributed by atoms with E-state index in [2.05, 4.69) is 30.6 Å². The number of hydrogen-bond donors (Lipinski definition) is 1. The van der Waals surface area contributed by atoms with Gasteiger partial charge in [0.05, 0.1) is 5.92 Å². The monoisotopic (exact) mass is 214 g/mol. The summed E-state index contributed by atoms with van der Waals surface area (Å²) in [6, 6.07) is 0.845. The summed E-state index contributed by atoms with van der Waals surface area (Å²) in [6.07, 6.45) is 0. The van der Waals surface area contributed by atoms with Crippen LogP contribution >= 0.6 is 0 Å². The van der Waals surface area contributed by atoms with E-state index in [1.165, 1.54) is 0 Å². The SMILES string of the molecule is CC1CN(C(C)C)CC(C(=O)O)CN1C. The van der Waals surface area contributed by atoms with Crippen LogP contribution in [0.25, 0.3) is 0 Å². The summed E-state index contributed by atoms with van der Waals surface area (Å²) >= 11 is 0. The molecule has 0 bridgehead atoms. The Bertz CT molecular complexity index is 231. The summed E-state index contributed by atoms with van der Waals surface area (Å²) in [5, 5.41) is 9.11. The number of carboxylic acid groups (broad SMARTS) is 1. The van der Waals surface area contributed by atoms with Crippen LogP contribution in [-0.2, 0) is 4.79 Å². The van der Waals surface area contributed by atoms with E-state index in [1.54, 1.807) is 0 Å². The highest BCUT2D eigenvalue weighted by molar-refractivity contribution is 5.70.